The summed E-state index contributed by atoms with van der Waals surface area (Å²) in [6, 6.07) is -0.975. The minimum atomic E-state index is -1.07. The first kappa shape index (κ1) is 10.0. The van der Waals surface area contributed by atoms with Gasteiger partial charge in [0.2, 0.25) is 0 Å². The van der Waals surface area contributed by atoms with Gasteiger partial charge in [-0.15, -0.1) is 0 Å². The maximum atomic E-state index is 10.4. The maximum Gasteiger partial charge on any atom is 0.322 e. The Morgan fingerprint density at radius 3 is 2.92 bits per heavy atom. The van der Waals surface area contributed by atoms with Crippen LogP contribution in [0.3, 0.4) is 0 Å². The molecule has 0 aromatic carbocycles. The topological polar surface area (TPSA) is 81.1 Å². The predicted octanol–water partition coefficient (Wildman–Crippen LogP) is 0.257. The summed E-state index contributed by atoms with van der Waals surface area (Å²) in [5.41, 5.74) is 6.11. The molecule has 0 bridgehead atoms. The molecule has 0 aliphatic carbocycles. The molecule has 1 heterocycles. The van der Waals surface area contributed by atoms with E-state index >= 15 is 0 Å². The van der Waals surface area contributed by atoms with Crippen LogP contribution in [0, 0.1) is 6.92 Å². The molecule has 13 heavy (non-hydrogen) atoms. The van der Waals surface area contributed by atoms with Gasteiger partial charge in [-0.1, -0.05) is 11.6 Å². The zero-order valence-corrected chi connectivity index (χ0v) is 7.82. The fraction of sp³-hybridized carbons (Fsp3) is 0.429. The Morgan fingerprint density at radius 1 is 1.92 bits per heavy atom. The van der Waals surface area contributed by atoms with E-state index in [1.165, 1.54) is 4.68 Å². The van der Waals surface area contributed by atoms with Crippen molar-refractivity contribution in [3.05, 3.63) is 16.9 Å². The minimum absolute atomic E-state index is 0.0853. The third-order valence-corrected chi connectivity index (χ3v) is 2.12. The van der Waals surface area contributed by atoms with E-state index in [4.69, 9.17) is 22.4 Å². The number of rotatable bonds is 3. The van der Waals surface area contributed by atoms with Crippen LogP contribution in [0.5, 0.6) is 0 Å². The van der Waals surface area contributed by atoms with Crippen molar-refractivity contribution in [2.75, 3.05) is 0 Å². The van der Waals surface area contributed by atoms with Crippen LogP contribution < -0.4 is 5.73 Å². The second kappa shape index (κ2) is 3.76. The van der Waals surface area contributed by atoms with Crippen LogP contribution in [0.2, 0.25) is 5.15 Å². The summed E-state index contributed by atoms with van der Waals surface area (Å²) in [7, 11) is 0. The number of halogens is 1. The van der Waals surface area contributed by atoms with Crippen molar-refractivity contribution in [1.82, 2.24) is 9.78 Å². The summed E-state index contributed by atoms with van der Waals surface area (Å²) in [5, 5.41) is 12.8. The lowest BCUT2D eigenvalue weighted by Crippen LogP contribution is -2.35. The van der Waals surface area contributed by atoms with Gasteiger partial charge in [-0.2, -0.15) is 5.10 Å². The van der Waals surface area contributed by atoms with Gasteiger partial charge >= 0.3 is 5.97 Å². The van der Waals surface area contributed by atoms with Crippen LogP contribution in [0.25, 0.3) is 0 Å². The van der Waals surface area contributed by atoms with Crippen LogP contribution in [0.1, 0.15) is 5.56 Å². The van der Waals surface area contributed by atoms with Crippen molar-refractivity contribution in [2.24, 2.45) is 5.73 Å². The number of aliphatic carboxylic acids is 1. The largest absolute Gasteiger partial charge is 0.480 e. The molecular formula is C7H10ClN3O2. The number of carboxylic acid groups (broad SMARTS) is 1. The molecule has 72 valence electrons. The highest BCUT2D eigenvalue weighted by molar-refractivity contribution is 6.30. The molecule has 0 aliphatic heterocycles. The van der Waals surface area contributed by atoms with E-state index in [1.54, 1.807) is 13.1 Å². The molecule has 1 unspecified atom stereocenters. The van der Waals surface area contributed by atoms with Gasteiger partial charge in [0.25, 0.3) is 0 Å². The summed E-state index contributed by atoms with van der Waals surface area (Å²) >= 11 is 5.81. The lowest BCUT2D eigenvalue weighted by molar-refractivity contribution is -0.138. The molecule has 0 radical (unpaired) electrons. The quantitative estimate of drug-likeness (QED) is 0.738. The summed E-state index contributed by atoms with van der Waals surface area (Å²) < 4.78 is 1.37. The molecule has 0 aliphatic rings. The van der Waals surface area contributed by atoms with Gasteiger partial charge in [-0.05, 0) is 6.92 Å². The molecule has 1 aromatic heterocycles. The molecule has 5 nitrogen and oxygen atoms in total. The van der Waals surface area contributed by atoms with Gasteiger partial charge in [0.05, 0.1) is 12.7 Å². The molecule has 0 saturated heterocycles. The SMILES string of the molecule is Cc1cnn(CC(N)C(=O)O)c1Cl. The lowest BCUT2D eigenvalue weighted by atomic mass is 10.3. The second-order valence-electron chi connectivity index (χ2n) is 2.75. The summed E-state index contributed by atoms with van der Waals surface area (Å²) in [4.78, 5) is 10.4. The average Bonchev–Trinajstić information content (AvgIpc) is 2.36. The van der Waals surface area contributed by atoms with Crippen molar-refractivity contribution in [3.8, 4) is 0 Å². The van der Waals surface area contributed by atoms with Gasteiger partial charge in [0.15, 0.2) is 0 Å². The Bertz CT molecular complexity index is 324. The van der Waals surface area contributed by atoms with E-state index in [0.29, 0.717) is 5.15 Å². The Labute approximate surface area is 80.1 Å². The Hall–Kier alpha value is -1.07. The molecular weight excluding hydrogens is 194 g/mol. The van der Waals surface area contributed by atoms with Crippen molar-refractivity contribution in [1.29, 1.82) is 0 Å². The number of nitrogens with zero attached hydrogens (tertiary/aromatic N) is 2. The van der Waals surface area contributed by atoms with Crippen molar-refractivity contribution in [2.45, 2.75) is 19.5 Å². The molecule has 1 aromatic rings. The second-order valence-corrected chi connectivity index (χ2v) is 3.10. The fourth-order valence-corrected chi connectivity index (χ4v) is 1.02. The molecule has 0 spiro atoms. The number of aromatic nitrogens is 2. The van der Waals surface area contributed by atoms with Gasteiger partial charge < -0.3 is 10.8 Å². The highest BCUT2D eigenvalue weighted by Crippen LogP contribution is 2.13. The van der Waals surface area contributed by atoms with Crippen molar-refractivity contribution < 1.29 is 9.90 Å². The minimum Gasteiger partial charge on any atom is -0.480 e. The standard InChI is InChI=1S/C7H10ClN3O2/c1-4-2-10-11(6(4)8)3-5(9)7(12)13/h2,5H,3,9H2,1H3,(H,12,13). The van der Waals surface area contributed by atoms with Crippen LogP contribution in [-0.2, 0) is 11.3 Å². The number of nitrogens with two attached hydrogens (primary N) is 1. The average molecular weight is 204 g/mol. The maximum absolute atomic E-state index is 10.4. The van der Waals surface area contributed by atoms with Crippen LogP contribution >= 0.6 is 11.6 Å². The van der Waals surface area contributed by atoms with Crippen molar-refractivity contribution in [3.63, 3.8) is 0 Å². The molecule has 1 rings (SSSR count). The summed E-state index contributed by atoms with van der Waals surface area (Å²) in [5.74, 6) is -1.07. The van der Waals surface area contributed by atoms with E-state index in [0.717, 1.165) is 5.56 Å². The van der Waals surface area contributed by atoms with Crippen LogP contribution in [0.4, 0.5) is 0 Å². The van der Waals surface area contributed by atoms with E-state index in [1.807, 2.05) is 0 Å². The molecule has 0 fully saturated rings. The Kier molecular flexibility index (Phi) is 2.90. The summed E-state index contributed by atoms with van der Waals surface area (Å²) in [6.45, 7) is 1.88. The zero-order valence-electron chi connectivity index (χ0n) is 7.07. The van der Waals surface area contributed by atoms with Gasteiger partial charge in [0.1, 0.15) is 11.2 Å². The molecule has 6 heteroatoms. The fourth-order valence-electron chi connectivity index (χ4n) is 0.856. The number of carboxylic acids is 1. The third kappa shape index (κ3) is 2.19. The summed E-state index contributed by atoms with van der Waals surface area (Å²) in [6.07, 6.45) is 1.57. The van der Waals surface area contributed by atoms with Crippen LogP contribution in [0.15, 0.2) is 6.20 Å². The van der Waals surface area contributed by atoms with E-state index in [-0.39, 0.29) is 6.54 Å². The molecule has 0 amide bonds. The van der Waals surface area contributed by atoms with Crippen molar-refractivity contribution >= 4 is 17.6 Å². The first-order chi connectivity index (χ1) is 6.02. The normalized spacial score (nSPS) is 12.8. The van der Waals surface area contributed by atoms with Gasteiger partial charge in [0, 0.05) is 5.56 Å². The highest BCUT2D eigenvalue weighted by atomic mass is 35.5. The van der Waals surface area contributed by atoms with E-state index < -0.39 is 12.0 Å². The number of hydrogen-bond donors (Lipinski definition) is 2. The monoisotopic (exact) mass is 203 g/mol. The van der Waals surface area contributed by atoms with Crippen LogP contribution in [-0.4, -0.2) is 26.9 Å². The number of hydrogen-bond acceptors (Lipinski definition) is 3. The lowest BCUT2D eigenvalue weighted by Gasteiger charge is -2.06. The number of carbonyl (C=O) groups is 1. The third-order valence-electron chi connectivity index (χ3n) is 1.63. The van der Waals surface area contributed by atoms with Gasteiger partial charge in [-0.3, -0.25) is 9.48 Å². The highest BCUT2D eigenvalue weighted by Gasteiger charge is 2.14. The van der Waals surface area contributed by atoms with Gasteiger partial charge in [-0.25, -0.2) is 0 Å². The Morgan fingerprint density at radius 2 is 2.54 bits per heavy atom. The molecule has 3 N–H and O–H groups in total. The van der Waals surface area contributed by atoms with E-state index in [2.05, 4.69) is 5.10 Å². The smallest absolute Gasteiger partial charge is 0.322 e. The molecule has 0 saturated carbocycles. The number of aryl methyl sites for hydroxylation is 1. The Balaban J connectivity index is 2.74. The first-order valence-electron chi connectivity index (χ1n) is 3.68. The first-order valence-corrected chi connectivity index (χ1v) is 4.06. The molecule has 1 atom stereocenters. The zero-order chi connectivity index (χ0) is 10.0. The predicted molar refractivity (Wildman–Crippen MR) is 47.6 cm³/mol. The van der Waals surface area contributed by atoms with E-state index in [9.17, 15) is 4.79 Å².